The number of primary amides is 2. The van der Waals surface area contributed by atoms with Gasteiger partial charge in [-0.25, -0.2) is 9.18 Å². The summed E-state index contributed by atoms with van der Waals surface area (Å²) in [5, 5.41) is 2.32. The average Bonchev–Trinajstić information content (AvgIpc) is 3.07. The molecule has 1 aromatic carbocycles. The minimum absolute atomic E-state index is 0.0343. The van der Waals surface area contributed by atoms with E-state index in [9.17, 15) is 14.0 Å². The van der Waals surface area contributed by atoms with Crippen LogP contribution in [0.5, 0.6) is 5.75 Å². The molecule has 156 valence electrons. The highest BCUT2D eigenvalue weighted by Crippen LogP contribution is 2.34. The number of likely N-dealkylation sites (tertiary alicyclic amines) is 1. The summed E-state index contributed by atoms with van der Waals surface area (Å²) in [6, 6.07) is 4.72. The summed E-state index contributed by atoms with van der Waals surface area (Å²) in [6.45, 7) is 6.05. The van der Waals surface area contributed by atoms with Crippen LogP contribution in [0.1, 0.15) is 37.0 Å². The van der Waals surface area contributed by atoms with Gasteiger partial charge >= 0.3 is 6.03 Å². The third kappa shape index (κ3) is 4.86. The van der Waals surface area contributed by atoms with Crippen LogP contribution in [0.3, 0.4) is 0 Å². The molecule has 1 aliphatic heterocycles. The second-order valence-corrected chi connectivity index (χ2v) is 7.40. The molecule has 1 atom stereocenters. The minimum atomic E-state index is -0.857. The molecule has 0 bridgehead atoms. The number of hydrogen-bond donors (Lipinski definition) is 4. The number of halogens is 1. The number of nitrogens with zero attached hydrogens (tertiary/aromatic N) is 1. The number of anilines is 1. The minimum Gasteiger partial charge on any atom is -0.475 e. The Morgan fingerprint density at radius 2 is 1.97 bits per heavy atom. The molecule has 6 N–H and O–H groups in total. The van der Waals surface area contributed by atoms with Crippen molar-refractivity contribution in [3.63, 3.8) is 0 Å². The van der Waals surface area contributed by atoms with Gasteiger partial charge in [-0.3, -0.25) is 15.0 Å². The summed E-state index contributed by atoms with van der Waals surface area (Å²) in [6.07, 6.45) is 2.00. The average molecular weight is 403 g/mol. The fourth-order valence-corrected chi connectivity index (χ4v) is 3.48. The van der Waals surface area contributed by atoms with E-state index in [1.54, 1.807) is 6.07 Å². The van der Waals surface area contributed by atoms with Gasteiger partial charge in [0.1, 0.15) is 23.6 Å². The quantitative estimate of drug-likeness (QED) is 0.591. The number of ether oxygens (including phenoxy) is 1. The molecule has 2 heterocycles. The summed E-state index contributed by atoms with van der Waals surface area (Å²) >= 11 is 0. The summed E-state index contributed by atoms with van der Waals surface area (Å²) in [5.41, 5.74) is 11.3. The second kappa shape index (κ2) is 8.52. The molecule has 0 spiro atoms. The molecule has 1 aromatic heterocycles. The maximum atomic E-state index is 14.0. The number of piperidine rings is 1. The van der Waals surface area contributed by atoms with Gasteiger partial charge in [0.05, 0.1) is 11.3 Å². The third-order valence-electron chi connectivity index (χ3n) is 5.19. The van der Waals surface area contributed by atoms with E-state index in [1.165, 1.54) is 18.2 Å². The number of carbonyl (C=O) groups excluding carboxylic acids is 2. The molecule has 2 aromatic rings. The summed E-state index contributed by atoms with van der Waals surface area (Å²) in [7, 11) is 0. The van der Waals surface area contributed by atoms with E-state index in [1.807, 2.05) is 6.92 Å². The van der Waals surface area contributed by atoms with E-state index in [0.717, 1.165) is 25.9 Å². The lowest BCUT2D eigenvalue weighted by Crippen LogP contribution is -2.42. The Hall–Kier alpha value is -3.07. The maximum absolute atomic E-state index is 14.0. The lowest BCUT2D eigenvalue weighted by molar-refractivity contribution is 0.0172. The van der Waals surface area contributed by atoms with Crippen LogP contribution < -0.4 is 21.5 Å². The molecule has 1 saturated heterocycles. The van der Waals surface area contributed by atoms with E-state index in [-0.39, 0.29) is 17.6 Å². The molecular weight excluding hydrogens is 377 g/mol. The number of rotatable bonds is 6. The third-order valence-corrected chi connectivity index (χ3v) is 5.19. The van der Waals surface area contributed by atoms with Crippen molar-refractivity contribution in [2.24, 2.45) is 17.4 Å². The van der Waals surface area contributed by atoms with Crippen molar-refractivity contribution in [3.8, 4) is 17.0 Å². The number of benzene rings is 1. The zero-order chi connectivity index (χ0) is 21.1. The first kappa shape index (κ1) is 20.7. The molecule has 0 radical (unpaired) electrons. The first-order valence-corrected chi connectivity index (χ1v) is 9.54. The highest BCUT2D eigenvalue weighted by molar-refractivity contribution is 6.03. The number of nitrogens with one attached hydrogen (secondary N) is 2. The Bertz CT molecular complexity index is 906. The van der Waals surface area contributed by atoms with Gasteiger partial charge in [0.25, 0.3) is 5.91 Å². The van der Waals surface area contributed by atoms with Crippen molar-refractivity contribution in [1.29, 1.82) is 0 Å². The molecule has 0 aliphatic carbocycles. The Morgan fingerprint density at radius 1 is 1.28 bits per heavy atom. The van der Waals surface area contributed by atoms with E-state index in [4.69, 9.17) is 16.2 Å². The Labute approximate surface area is 168 Å². The molecule has 1 fully saturated rings. The number of amides is 3. The number of carbonyl (C=O) groups is 2. The molecule has 3 amide bonds. The summed E-state index contributed by atoms with van der Waals surface area (Å²) in [5.74, 6) is -0.0341. The van der Waals surface area contributed by atoms with Crippen molar-refractivity contribution >= 4 is 17.8 Å². The van der Waals surface area contributed by atoms with Gasteiger partial charge in [-0.05, 0) is 49.9 Å². The van der Waals surface area contributed by atoms with Gasteiger partial charge in [0, 0.05) is 18.7 Å². The molecule has 1 aliphatic rings. The first-order chi connectivity index (χ1) is 13.7. The Kier molecular flexibility index (Phi) is 6.07. The number of hydrogen-bond acceptors (Lipinski definition) is 4. The van der Waals surface area contributed by atoms with Crippen LogP contribution in [-0.2, 0) is 0 Å². The smallest absolute Gasteiger partial charge is 0.317 e. The molecule has 0 saturated carbocycles. The van der Waals surface area contributed by atoms with Gasteiger partial charge in [0.15, 0.2) is 0 Å². The van der Waals surface area contributed by atoms with E-state index < -0.39 is 17.8 Å². The summed E-state index contributed by atoms with van der Waals surface area (Å²) < 4.78 is 20.1. The second-order valence-electron chi connectivity index (χ2n) is 7.40. The summed E-state index contributed by atoms with van der Waals surface area (Å²) in [4.78, 5) is 28.0. The number of aromatic nitrogens is 1. The van der Waals surface area contributed by atoms with Crippen LogP contribution in [0.2, 0.25) is 0 Å². The normalized spacial score (nSPS) is 16.4. The van der Waals surface area contributed by atoms with Crippen molar-refractivity contribution in [2.75, 3.05) is 18.4 Å². The van der Waals surface area contributed by atoms with Gasteiger partial charge in [0.2, 0.25) is 0 Å². The number of aromatic amines is 1. The van der Waals surface area contributed by atoms with Gasteiger partial charge in [-0.1, -0.05) is 6.92 Å². The Morgan fingerprint density at radius 3 is 2.59 bits per heavy atom. The van der Waals surface area contributed by atoms with Crippen LogP contribution in [0.15, 0.2) is 24.3 Å². The number of urea groups is 1. The van der Waals surface area contributed by atoms with Crippen LogP contribution in [0.25, 0.3) is 11.3 Å². The fourth-order valence-electron chi connectivity index (χ4n) is 3.48. The van der Waals surface area contributed by atoms with Crippen LogP contribution in [0.4, 0.5) is 15.0 Å². The highest BCUT2D eigenvalue weighted by Gasteiger charge is 2.23. The topological polar surface area (TPSA) is 126 Å². The van der Waals surface area contributed by atoms with Crippen molar-refractivity contribution in [3.05, 3.63) is 35.6 Å². The van der Waals surface area contributed by atoms with Crippen molar-refractivity contribution in [1.82, 2.24) is 9.88 Å². The van der Waals surface area contributed by atoms with Crippen LogP contribution in [0, 0.1) is 11.7 Å². The molecule has 9 heteroatoms. The first-order valence-electron chi connectivity index (χ1n) is 9.54. The molecule has 8 nitrogen and oxygen atoms in total. The van der Waals surface area contributed by atoms with Crippen LogP contribution in [-0.4, -0.2) is 41.1 Å². The molecule has 3 rings (SSSR count). The zero-order valence-corrected chi connectivity index (χ0v) is 16.5. The predicted octanol–water partition coefficient (Wildman–Crippen LogP) is 2.87. The Balaban J connectivity index is 1.91. The van der Waals surface area contributed by atoms with Gasteiger partial charge in [-0.2, -0.15) is 0 Å². The number of nitrogens with two attached hydrogens (primary N) is 2. The van der Waals surface area contributed by atoms with Crippen molar-refractivity contribution < 1.29 is 18.7 Å². The maximum Gasteiger partial charge on any atom is 0.317 e. The van der Waals surface area contributed by atoms with E-state index >= 15 is 0 Å². The van der Waals surface area contributed by atoms with Crippen LogP contribution >= 0.6 is 0 Å². The molecule has 29 heavy (non-hydrogen) atoms. The van der Waals surface area contributed by atoms with Gasteiger partial charge in [-0.15, -0.1) is 0 Å². The lowest BCUT2D eigenvalue weighted by atomic mass is 9.99. The monoisotopic (exact) mass is 403 g/mol. The van der Waals surface area contributed by atoms with Gasteiger partial charge < -0.3 is 21.2 Å². The highest BCUT2D eigenvalue weighted by atomic mass is 19.1. The SMILES string of the molecule is CC1CCN(C(C)Oc2ccc(F)cc2-c2cc(C(N)=O)c(NC(N)=O)[nH]2)CC1. The number of H-pyrrole nitrogens is 1. The zero-order valence-electron chi connectivity index (χ0n) is 16.5. The lowest BCUT2D eigenvalue weighted by Gasteiger charge is -2.35. The predicted molar refractivity (Wildman–Crippen MR) is 108 cm³/mol. The standard InChI is InChI=1S/C20H26FN5O3/c1-11-5-7-26(8-6-11)12(2)29-17-4-3-13(21)9-14(17)16-10-15(18(22)27)19(24-16)25-20(23)28/h3-4,9-12,24H,5-8H2,1-2H3,(H2,22,27)(H3,23,25,28). The molecular formula is C20H26FN5O3. The van der Waals surface area contributed by atoms with E-state index in [2.05, 4.69) is 22.1 Å². The fraction of sp³-hybridized carbons (Fsp3) is 0.400. The van der Waals surface area contributed by atoms with Crippen molar-refractivity contribution in [2.45, 2.75) is 32.9 Å². The largest absolute Gasteiger partial charge is 0.475 e. The molecule has 1 unspecified atom stereocenters. The van der Waals surface area contributed by atoms with E-state index in [0.29, 0.717) is 22.9 Å².